The number of nitrogens with one attached hydrogen (secondary N) is 2. The lowest BCUT2D eigenvalue weighted by Gasteiger charge is -2.14. The Morgan fingerprint density at radius 2 is 1.92 bits per heavy atom. The molecule has 0 spiro atoms. The number of amides is 1. The van der Waals surface area contributed by atoms with E-state index >= 15 is 0 Å². The zero-order valence-electron chi connectivity index (χ0n) is 13.9. The summed E-state index contributed by atoms with van der Waals surface area (Å²) >= 11 is 1.32. The van der Waals surface area contributed by atoms with E-state index in [9.17, 15) is 9.59 Å². The Kier molecular flexibility index (Phi) is 6.31. The largest absolute Gasteiger partial charge is 0.448 e. The summed E-state index contributed by atoms with van der Waals surface area (Å²) in [5.41, 5.74) is 1.32. The predicted octanol–water partition coefficient (Wildman–Crippen LogP) is 2.83. The van der Waals surface area contributed by atoms with E-state index < -0.39 is 12.1 Å². The van der Waals surface area contributed by atoms with Gasteiger partial charge < -0.3 is 15.4 Å². The van der Waals surface area contributed by atoms with Crippen molar-refractivity contribution in [2.75, 3.05) is 5.32 Å². The van der Waals surface area contributed by atoms with Crippen molar-refractivity contribution in [1.29, 1.82) is 0 Å². The Balaban J connectivity index is 1.87. The number of thiazole rings is 1. The van der Waals surface area contributed by atoms with Crippen molar-refractivity contribution in [1.82, 2.24) is 10.3 Å². The fraction of sp³-hybridized carbons (Fsp3) is 0.353. The minimum absolute atomic E-state index is 0.00767. The minimum atomic E-state index is -0.859. The second kappa shape index (κ2) is 8.44. The molecule has 0 aliphatic rings. The van der Waals surface area contributed by atoms with Gasteiger partial charge in [0.2, 0.25) is 0 Å². The molecule has 0 bridgehead atoms. The minimum Gasteiger partial charge on any atom is -0.448 e. The lowest BCUT2D eigenvalue weighted by Crippen LogP contribution is -2.39. The van der Waals surface area contributed by atoms with Gasteiger partial charge in [0.15, 0.2) is 16.9 Å². The van der Waals surface area contributed by atoms with E-state index in [1.54, 1.807) is 5.38 Å². The molecule has 2 rings (SSSR count). The molecular formula is C17H21N3O3S. The van der Waals surface area contributed by atoms with E-state index in [2.05, 4.69) is 15.6 Å². The highest BCUT2D eigenvalue weighted by atomic mass is 32.1. The Morgan fingerprint density at radius 1 is 1.21 bits per heavy atom. The summed E-state index contributed by atoms with van der Waals surface area (Å²) in [5.74, 6) is -0.929. The van der Waals surface area contributed by atoms with E-state index in [0.29, 0.717) is 11.7 Å². The van der Waals surface area contributed by atoms with Crippen molar-refractivity contribution in [2.24, 2.45) is 0 Å². The Hall–Kier alpha value is -2.41. The first-order valence-electron chi connectivity index (χ1n) is 7.70. The quantitative estimate of drug-likeness (QED) is 0.753. The van der Waals surface area contributed by atoms with Crippen molar-refractivity contribution < 1.29 is 14.3 Å². The predicted molar refractivity (Wildman–Crippen MR) is 94.0 cm³/mol. The molecule has 1 aromatic heterocycles. The standard InChI is InChI=1S/C17H21N3O3S/c1-11(2)19-15(21)12(3)23-16(22)14-10-24-17(20-14)18-9-13-7-5-4-6-8-13/h4-8,10-12H,9H2,1-3H3,(H,18,20)(H,19,21). The monoisotopic (exact) mass is 347 g/mol. The van der Waals surface area contributed by atoms with Gasteiger partial charge in [-0.15, -0.1) is 11.3 Å². The first-order chi connectivity index (χ1) is 11.5. The topological polar surface area (TPSA) is 80.3 Å². The molecule has 0 saturated carbocycles. The summed E-state index contributed by atoms with van der Waals surface area (Å²) in [6, 6.07) is 9.88. The lowest BCUT2D eigenvalue weighted by atomic mass is 10.2. The molecule has 7 heteroatoms. The SMILES string of the molecule is CC(C)NC(=O)C(C)OC(=O)c1csc(NCc2ccccc2)n1. The van der Waals surface area contributed by atoms with Crippen LogP contribution in [0.15, 0.2) is 35.7 Å². The van der Waals surface area contributed by atoms with Crippen LogP contribution >= 0.6 is 11.3 Å². The summed E-state index contributed by atoms with van der Waals surface area (Å²) in [5, 5.41) is 8.10. The first-order valence-corrected chi connectivity index (χ1v) is 8.58. The van der Waals surface area contributed by atoms with Gasteiger partial charge in [0, 0.05) is 18.0 Å². The molecule has 1 aromatic carbocycles. The molecule has 2 N–H and O–H groups in total. The second-order valence-corrected chi connectivity index (χ2v) is 6.45. The number of aromatic nitrogens is 1. The van der Waals surface area contributed by atoms with Gasteiger partial charge in [0.1, 0.15) is 0 Å². The van der Waals surface area contributed by atoms with Crippen LogP contribution in [0.5, 0.6) is 0 Å². The fourth-order valence-electron chi connectivity index (χ4n) is 1.90. The van der Waals surface area contributed by atoms with Crippen LogP contribution in [0.2, 0.25) is 0 Å². The van der Waals surface area contributed by atoms with Crippen LogP contribution in [0.25, 0.3) is 0 Å². The molecule has 1 unspecified atom stereocenters. The van der Waals surface area contributed by atoms with Crippen LogP contribution in [0.4, 0.5) is 5.13 Å². The molecule has 24 heavy (non-hydrogen) atoms. The highest BCUT2D eigenvalue weighted by molar-refractivity contribution is 7.13. The van der Waals surface area contributed by atoms with Crippen molar-refractivity contribution in [2.45, 2.75) is 39.5 Å². The van der Waals surface area contributed by atoms with Gasteiger partial charge in [-0.1, -0.05) is 30.3 Å². The van der Waals surface area contributed by atoms with Crippen molar-refractivity contribution in [3.63, 3.8) is 0 Å². The zero-order valence-corrected chi connectivity index (χ0v) is 14.7. The van der Waals surface area contributed by atoms with Crippen LogP contribution in [0.1, 0.15) is 36.8 Å². The Bertz CT molecular complexity index is 685. The molecule has 0 radical (unpaired) electrons. The maximum Gasteiger partial charge on any atom is 0.358 e. The number of carbonyl (C=O) groups excluding carboxylic acids is 2. The molecule has 0 fully saturated rings. The molecule has 0 aliphatic heterocycles. The number of hydrogen-bond acceptors (Lipinski definition) is 6. The van der Waals surface area contributed by atoms with Gasteiger partial charge in [-0.3, -0.25) is 4.79 Å². The third-order valence-corrected chi connectivity index (χ3v) is 3.88. The molecule has 0 aliphatic carbocycles. The summed E-state index contributed by atoms with van der Waals surface area (Å²) in [6.07, 6.45) is -0.859. The number of nitrogens with zero attached hydrogens (tertiary/aromatic N) is 1. The first kappa shape index (κ1) is 17.9. The molecule has 0 saturated heterocycles. The highest BCUT2D eigenvalue weighted by Gasteiger charge is 2.21. The number of carbonyl (C=O) groups is 2. The molecular weight excluding hydrogens is 326 g/mol. The summed E-state index contributed by atoms with van der Waals surface area (Å²) in [6.45, 7) is 5.85. The van der Waals surface area contributed by atoms with Gasteiger partial charge in [0.05, 0.1) is 0 Å². The van der Waals surface area contributed by atoms with Crippen LogP contribution in [-0.4, -0.2) is 29.0 Å². The Labute approximate surface area is 145 Å². The van der Waals surface area contributed by atoms with Gasteiger partial charge in [-0.05, 0) is 26.3 Å². The van der Waals surface area contributed by atoms with Crippen LogP contribution in [-0.2, 0) is 16.1 Å². The molecule has 1 atom stereocenters. The number of anilines is 1. The van der Waals surface area contributed by atoms with Crippen molar-refractivity contribution in [3.8, 4) is 0 Å². The second-order valence-electron chi connectivity index (χ2n) is 5.59. The van der Waals surface area contributed by atoms with E-state index in [4.69, 9.17) is 4.74 Å². The van der Waals surface area contributed by atoms with E-state index in [1.807, 2.05) is 44.2 Å². The average Bonchev–Trinajstić information content (AvgIpc) is 3.02. The normalized spacial score (nSPS) is 11.8. The molecule has 1 heterocycles. The highest BCUT2D eigenvalue weighted by Crippen LogP contribution is 2.17. The smallest absolute Gasteiger partial charge is 0.358 e. The third-order valence-electron chi connectivity index (χ3n) is 3.08. The maximum absolute atomic E-state index is 12.0. The lowest BCUT2D eigenvalue weighted by molar-refractivity contribution is -0.129. The molecule has 128 valence electrons. The van der Waals surface area contributed by atoms with Gasteiger partial charge in [-0.25, -0.2) is 9.78 Å². The fourth-order valence-corrected chi connectivity index (χ4v) is 2.58. The van der Waals surface area contributed by atoms with Crippen LogP contribution in [0, 0.1) is 0 Å². The Morgan fingerprint density at radius 3 is 2.58 bits per heavy atom. The summed E-state index contributed by atoms with van der Waals surface area (Å²) in [7, 11) is 0. The number of hydrogen-bond donors (Lipinski definition) is 2. The van der Waals surface area contributed by atoms with Gasteiger partial charge in [-0.2, -0.15) is 0 Å². The summed E-state index contributed by atoms with van der Waals surface area (Å²) < 4.78 is 5.14. The average molecular weight is 347 g/mol. The van der Waals surface area contributed by atoms with E-state index in [1.165, 1.54) is 18.3 Å². The summed E-state index contributed by atoms with van der Waals surface area (Å²) in [4.78, 5) is 28.0. The number of benzene rings is 1. The van der Waals surface area contributed by atoms with Crippen molar-refractivity contribution in [3.05, 3.63) is 47.0 Å². The third kappa shape index (κ3) is 5.34. The molecule has 2 aromatic rings. The van der Waals surface area contributed by atoms with E-state index in [0.717, 1.165) is 5.56 Å². The number of rotatable bonds is 7. The number of esters is 1. The van der Waals surface area contributed by atoms with E-state index in [-0.39, 0.29) is 17.6 Å². The van der Waals surface area contributed by atoms with Crippen molar-refractivity contribution >= 4 is 28.3 Å². The number of ether oxygens (including phenoxy) is 1. The van der Waals surface area contributed by atoms with Crippen LogP contribution < -0.4 is 10.6 Å². The maximum atomic E-state index is 12.0. The molecule has 6 nitrogen and oxygen atoms in total. The van der Waals surface area contributed by atoms with Gasteiger partial charge >= 0.3 is 5.97 Å². The molecule has 1 amide bonds. The zero-order chi connectivity index (χ0) is 17.5. The van der Waals surface area contributed by atoms with Crippen LogP contribution in [0.3, 0.4) is 0 Å². The van der Waals surface area contributed by atoms with Gasteiger partial charge in [0.25, 0.3) is 5.91 Å².